The quantitative estimate of drug-likeness (QED) is 0.709. The fourth-order valence-electron chi connectivity index (χ4n) is 2.07. The van der Waals surface area contributed by atoms with Gasteiger partial charge in [0.2, 0.25) is 5.91 Å². The number of carbonyl (C=O) groups is 1. The first-order valence-electron chi connectivity index (χ1n) is 7.39. The third-order valence-electron chi connectivity index (χ3n) is 3.27. The molecule has 0 aromatic heterocycles. The lowest BCUT2D eigenvalue weighted by molar-refractivity contribution is -0.132. The number of hydrogen-bond donors (Lipinski definition) is 1. The van der Waals surface area contributed by atoms with Crippen molar-refractivity contribution in [1.29, 1.82) is 0 Å². The van der Waals surface area contributed by atoms with Gasteiger partial charge in [-0.25, -0.2) is 4.39 Å². The molecule has 0 aliphatic rings. The van der Waals surface area contributed by atoms with Gasteiger partial charge in [-0.05, 0) is 37.1 Å². The SMILES string of the molecule is CCCCCN(Cc1ccc(F)cc1)C(=O)CCCN.Cl. The van der Waals surface area contributed by atoms with Crippen molar-refractivity contribution in [3.63, 3.8) is 0 Å². The molecule has 1 aromatic carbocycles. The second-order valence-corrected chi connectivity index (χ2v) is 5.04. The Balaban J connectivity index is 0.00000400. The topological polar surface area (TPSA) is 46.3 Å². The Kier molecular flexibility index (Phi) is 10.9. The summed E-state index contributed by atoms with van der Waals surface area (Å²) in [6.07, 6.45) is 4.45. The normalized spacial score (nSPS) is 10.0. The zero-order valence-electron chi connectivity index (χ0n) is 12.7. The van der Waals surface area contributed by atoms with Crippen molar-refractivity contribution in [2.45, 2.75) is 45.6 Å². The van der Waals surface area contributed by atoms with Crippen molar-refractivity contribution in [2.75, 3.05) is 13.1 Å². The molecule has 0 heterocycles. The van der Waals surface area contributed by atoms with E-state index >= 15 is 0 Å². The van der Waals surface area contributed by atoms with Crippen molar-refractivity contribution in [1.82, 2.24) is 4.90 Å². The summed E-state index contributed by atoms with van der Waals surface area (Å²) in [6, 6.07) is 6.34. The van der Waals surface area contributed by atoms with Crippen LogP contribution in [-0.2, 0) is 11.3 Å². The standard InChI is InChI=1S/C16H25FN2O.ClH/c1-2-3-4-12-19(16(20)6-5-11-18)13-14-7-9-15(17)10-8-14;/h7-10H,2-6,11-13,18H2,1H3;1H. The first kappa shape index (κ1) is 19.9. The summed E-state index contributed by atoms with van der Waals surface area (Å²) in [5.41, 5.74) is 6.42. The molecular formula is C16H26ClFN2O. The molecule has 0 unspecified atom stereocenters. The van der Waals surface area contributed by atoms with Gasteiger partial charge in [0.15, 0.2) is 0 Å². The largest absolute Gasteiger partial charge is 0.338 e. The highest BCUT2D eigenvalue weighted by atomic mass is 35.5. The number of halogens is 2. The Morgan fingerprint density at radius 3 is 2.43 bits per heavy atom. The Morgan fingerprint density at radius 2 is 1.86 bits per heavy atom. The minimum Gasteiger partial charge on any atom is -0.338 e. The molecule has 21 heavy (non-hydrogen) atoms. The van der Waals surface area contributed by atoms with E-state index in [-0.39, 0.29) is 24.1 Å². The Bertz CT molecular complexity index is 398. The maximum absolute atomic E-state index is 12.9. The number of rotatable bonds is 9. The zero-order valence-corrected chi connectivity index (χ0v) is 13.5. The van der Waals surface area contributed by atoms with Gasteiger partial charge < -0.3 is 10.6 Å². The molecular weight excluding hydrogens is 291 g/mol. The van der Waals surface area contributed by atoms with Gasteiger partial charge in [0.05, 0.1) is 0 Å². The van der Waals surface area contributed by atoms with Gasteiger partial charge in [-0.2, -0.15) is 0 Å². The van der Waals surface area contributed by atoms with Crippen LogP contribution in [0.3, 0.4) is 0 Å². The van der Waals surface area contributed by atoms with Crippen LogP contribution in [0, 0.1) is 5.82 Å². The first-order valence-corrected chi connectivity index (χ1v) is 7.39. The van der Waals surface area contributed by atoms with Crippen LogP contribution in [0.15, 0.2) is 24.3 Å². The van der Waals surface area contributed by atoms with E-state index < -0.39 is 0 Å². The van der Waals surface area contributed by atoms with Crippen LogP contribution >= 0.6 is 12.4 Å². The van der Waals surface area contributed by atoms with E-state index in [4.69, 9.17) is 5.73 Å². The minimum atomic E-state index is -0.249. The van der Waals surface area contributed by atoms with E-state index in [1.807, 2.05) is 4.90 Å². The number of amides is 1. The molecule has 0 aliphatic carbocycles. The monoisotopic (exact) mass is 316 g/mol. The van der Waals surface area contributed by atoms with E-state index in [9.17, 15) is 9.18 Å². The predicted octanol–water partition coefficient (Wildman–Crippen LogP) is 3.51. The second-order valence-electron chi connectivity index (χ2n) is 5.04. The van der Waals surface area contributed by atoms with E-state index in [0.29, 0.717) is 25.9 Å². The van der Waals surface area contributed by atoms with Crippen LogP contribution < -0.4 is 5.73 Å². The molecule has 0 aliphatic heterocycles. The van der Waals surface area contributed by atoms with Crippen molar-refractivity contribution in [3.05, 3.63) is 35.6 Å². The van der Waals surface area contributed by atoms with Crippen molar-refractivity contribution in [3.8, 4) is 0 Å². The van der Waals surface area contributed by atoms with Crippen LogP contribution in [0.2, 0.25) is 0 Å². The number of nitrogens with zero attached hydrogens (tertiary/aromatic N) is 1. The maximum Gasteiger partial charge on any atom is 0.222 e. The van der Waals surface area contributed by atoms with Gasteiger partial charge in [-0.15, -0.1) is 12.4 Å². The lowest BCUT2D eigenvalue weighted by atomic mass is 10.1. The average Bonchev–Trinajstić information content (AvgIpc) is 2.46. The molecule has 1 aromatic rings. The smallest absolute Gasteiger partial charge is 0.222 e. The van der Waals surface area contributed by atoms with Crippen molar-refractivity contribution >= 4 is 18.3 Å². The molecule has 1 amide bonds. The number of nitrogens with two attached hydrogens (primary N) is 1. The molecule has 5 heteroatoms. The van der Waals surface area contributed by atoms with Gasteiger partial charge in [-0.3, -0.25) is 4.79 Å². The number of benzene rings is 1. The molecule has 0 bridgehead atoms. The summed E-state index contributed by atoms with van der Waals surface area (Å²) >= 11 is 0. The van der Waals surface area contributed by atoms with Gasteiger partial charge >= 0.3 is 0 Å². The fourth-order valence-corrected chi connectivity index (χ4v) is 2.07. The Morgan fingerprint density at radius 1 is 1.19 bits per heavy atom. The van der Waals surface area contributed by atoms with Crippen molar-refractivity contribution < 1.29 is 9.18 Å². The molecule has 0 spiro atoms. The summed E-state index contributed by atoms with van der Waals surface area (Å²) in [4.78, 5) is 14.0. The highest BCUT2D eigenvalue weighted by Crippen LogP contribution is 2.10. The van der Waals surface area contributed by atoms with E-state index in [1.54, 1.807) is 12.1 Å². The van der Waals surface area contributed by atoms with E-state index in [0.717, 1.165) is 31.4 Å². The first-order chi connectivity index (χ1) is 9.67. The van der Waals surface area contributed by atoms with Crippen LogP contribution in [0.25, 0.3) is 0 Å². The highest BCUT2D eigenvalue weighted by molar-refractivity contribution is 5.85. The number of unbranched alkanes of at least 4 members (excludes halogenated alkanes) is 2. The molecule has 120 valence electrons. The van der Waals surface area contributed by atoms with Gasteiger partial charge in [0, 0.05) is 19.5 Å². The number of hydrogen-bond acceptors (Lipinski definition) is 2. The Labute approximate surface area is 133 Å². The zero-order chi connectivity index (χ0) is 14.8. The lowest BCUT2D eigenvalue weighted by Gasteiger charge is -2.23. The molecule has 0 saturated carbocycles. The van der Waals surface area contributed by atoms with Crippen LogP contribution in [-0.4, -0.2) is 23.9 Å². The maximum atomic E-state index is 12.9. The van der Waals surface area contributed by atoms with Crippen LogP contribution in [0.4, 0.5) is 4.39 Å². The highest BCUT2D eigenvalue weighted by Gasteiger charge is 2.13. The third kappa shape index (κ3) is 8.02. The second kappa shape index (κ2) is 11.5. The average molecular weight is 317 g/mol. The predicted molar refractivity (Wildman–Crippen MR) is 86.9 cm³/mol. The minimum absolute atomic E-state index is 0. The summed E-state index contributed by atoms with van der Waals surface area (Å²) in [7, 11) is 0. The molecule has 0 radical (unpaired) electrons. The van der Waals surface area contributed by atoms with Gasteiger partial charge in [0.1, 0.15) is 5.82 Å². The van der Waals surface area contributed by atoms with E-state index in [2.05, 4.69) is 6.92 Å². The molecule has 0 fully saturated rings. The third-order valence-corrected chi connectivity index (χ3v) is 3.27. The molecule has 0 atom stereocenters. The summed E-state index contributed by atoms with van der Waals surface area (Å²) in [6.45, 7) is 3.98. The van der Waals surface area contributed by atoms with Crippen molar-refractivity contribution in [2.24, 2.45) is 5.73 Å². The molecule has 1 rings (SSSR count). The molecule has 0 saturated heterocycles. The molecule has 3 nitrogen and oxygen atoms in total. The summed E-state index contributed by atoms with van der Waals surface area (Å²) in [5, 5.41) is 0. The summed E-state index contributed by atoms with van der Waals surface area (Å²) in [5.74, 6) is -0.114. The Hall–Kier alpha value is -1.13. The fraction of sp³-hybridized carbons (Fsp3) is 0.562. The van der Waals surface area contributed by atoms with E-state index in [1.165, 1.54) is 12.1 Å². The number of carbonyl (C=O) groups excluding carboxylic acids is 1. The lowest BCUT2D eigenvalue weighted by Crippen LogP contribution is -2.31. The van der Waals surface area contributed by atoms with Gasteiger partial charge in [0.25, 0.3) is 0 Å². The van der Waals surface area contributed by atoms with Gasteiger partial charge in [-0.1, -0.05) is 31.9 Å². The van der Waals surface area contributed by atoms with Crippen LogP contribution in [0.5, 0.6) is 0 Å². The van der Waals surface area contributed by atoms with Crippen LogP contribution in [0.1, 0.15) is 44.6 Å². The molecule has 2 N–H and O–H groups in total. The summed E-state index contributed by atoms with van der Waals surface area (Å²) < 4.78 is 12.9.